The maximum Gasteiger partial charge on any atom is 0.254 e. The zero-order chi connectivity index (χ0) is 18.8. The number of likely N-dealkylation sites (tertiary alicyclic amines) is 1. The molecule has 0 radical (unpaired) electrons. The molecule has 1 aliphatic heterocycles. The largest absolute Gasteiger partial charge is 0.508 e. The highest BCUT2D eigenvalue weighted by atomic mass is 16.3. The molecule has 1 unspecified atom stereocenters. The molecule has 3 rings (SSSR count). The molecule has 0 saturated carbocycles. The Morgan fingerprint density at radius 1 is 1.04 bits per heavy atom. The van der Waals surface area contributed by atoms with Gasteiger partial charge in [-0.05, 0) is 55.2 Å². The first-order valence-electron chi connectivity index (χ1n) is 8.77. The van der Waals surface area contributed by atoms with Crippen LogP contribution in [0.25, 0.3) is 0 Å². The fourth-order valence-corrected chi connectivity index (χ4v) is 3.06. The summed E-state index contributed by atoms with van der Waals surface area (Å²) in [7, 11) is 1.00. The number of aromatic hydroxyl groups is 1. The van der Waals surface area contributed by atoms with Gasteiger partial charge in [0.25, 0.3) is 5.91 Å². The molecule has 1 saturated heterocycles. The maximum absolute atomic E-state index is 12.7. The number of amides is 1. The van der Waals surface area contributed by atoms with Crippen LogP contribution in [0.15, 0.2) is 48.5 Å². The second kappa shape index (κ2) is 10.5. The zero-order valence-electron chi connectivity index (χ0n) is 15.6. The smallest absolute Gasteiger partial charge is 0.254 e. The Kier molecular flexibility index (Phi) is 8.71. The van der Waals surface area contributed by atoms with E-state index in [-0.39, 0.29) is 17.7 Å². The van der Waals surface area contributed by atoms with Crippen molar-refractivity contribution in [1.29, 1.82) is 0 Å². The maximum atomic E-state index is 12.7. The first-order valence-corrected chi connectivity index (χ1v) is 8.77. The molecule has 0 spiro atoms. The Labute approximate surface area is 150 Å². The third-order valence-corrected chi connectivity index (χ3v) is 4.18. The molecule has 0 aromatic heterocycles. The fraction of sp³-hybridized carbons (Fsp3) is 0.381. The summed E-state index contributed by atoms with van der Waals surface area (Å²) in [5.74, 6) is 0.226. The summed E-state index contributed by atoms with van der Waals surface area (Å²) in [5, 5.41) is 16.3. The van der Waals surface area contributed by atoms with E-state index in [4.69, 9.17) is 5.11 Å². The van der Waals surface area contributed by atoms with Crippen molar-refractivity contribution < 1.29 is 15.0 Å². The highest BCUT2D eigenvalue weighted by Gasteiger charge is 2.31. The van der Waals surface area contributed by atoms with Crippen LogP contribution in [-0.4, -0.2) is 34.7 Å². The Morgan fingerprint density at radius 2 is 1.64 bits per heavy atom. The molecule has 4 heteroatoms. The molecule has 4 nitrogen and oxygen atoms in total. The van der Waals surface area contributed by atoms with Crippen LogP contribution in [-0.2, 0) is 0 Å². The number of aryl methyl sites for hydroxylation is 1. The topological polar surface area (TPSA) is 60.8 Å². The lowest BCUT2D eigenvalue weighted by Gasteiger charge is -2.26. The predicted molar refractivity (Wildman–Crippen MR) is 102 cm³/mol. The summed E-state index contributed by atoms with van der Waals surface area (Å²) in [6.07, 6.45) is 2.04. The Bertz CT molecular complexity index is 652. The van der Waals surface area contributed by atoms with Crippen LogP contribution in [0.2, 0.25) is 0 Å². The van der Waals surface area contributed by atoms with E-state index in [1.165, 1.54) is 11.1 Å². The second-order valence-electron chi connectivity index (χ2n) is 5.56. The summed E-state index contributed by atoms with van der Waals surface area (Å²) in [6, 6.07) is 14.9. The van der Waals surface area contributed by atoms with Gasteiger partial charge in [0.2, 0.25) is 0 Å². The van der Waals surface area contributed by atoms with Crippen LogP contribution in [0.4, 0.5) is 0 Å². The molecule has 2 N–H and O–H groups in total. The minimum Gasteiger partial charge on any atom is -0.508 e. The van der Waals surface area contributed by atoms with Crippen LogP contribution in [0.3, 0.4) is 0 Å². The van der Waals surface area contributed by atoms with Crippen LogP contribution < -0.4 is 0 Å². The lowest BCUT2D eigenvalue weighted by atomic mass is 9.99. The van der Waals surface area contributed by atoms with Crippen LogP contribution in [0.5, 0.6) is 5.75 Å². The lowest BCUT2D eigenvalue weighted by Crippen LogP contribution is -2.30. The molecule has 25 heavy (non-hydrogen) atoms. The number of rotatable bonds is 2. The minimum absolute atomic E-state index is 0.0424. The van der Waals surface area contributed by atoms with Gasteiger partial charge in [0, 0.05) is 19.2 Å². The molecule has 1 atom stereocenters. The van der Waals surface area contributed by atoms with E-state index < -0.39 is 0 Å². The van der Waals surface area contributed by atoms with Crippen molar-refractivity contribution in [2.45, 2.75) is 39.7 Å². The molecule has 1 heterocycles. The number of hydrogen-bond donors (Lipinski definition) is 2. The molecule has 0 aliphatic carbocycles. The molecule has 2 aromatic rings. The lowest BCUT2D eigenvalue weighted by molar-refractivity contribution is 0.0735. The Hall–Kier alpha value is -2.33. The highest BCUT2D eigenvalue weighted by Crippen LogP contribution is 2.34. The molecular weight excluding hydrogens is 314 g/mol. The summed E-state index contributed by atoms with van der Waals surface area (Å²) in [5.41, 5.74) is 3.10. The van der Waals surface area contributed by atoms with Crippen molar-refractivity contribution in [3.8, 4) is 5.75 Å². The van der Waals surface area contributed by atoms with Crippen molar-refractivity contribution in [1.82, 2.24) is 4.90 Å². The van der Waals surface area contributed by atoms with Crippen molar-refractivity contribution in [3.63, 3.8) is 0 Å². The van der Waals surface area contributed by atoms with Gasteiger partial charge >= 0.3 is 0 Å². The first kappa shape index (κ1) is 20.7. The molecule has 2 aromatic carbocycles. The van der Waals surface area contributed by atoms with E-state index in [1.54, 1.807) is 24.3 Å². The molecule has 1 aliphatic rings. The van der Waals surface area contributed by atoms with Crippen LogP contribution in [0.1, 0.15) is 54.2 Å². The SMILES string of the molecule is CC.CO.Cc1ccccc1C1CCCN1C(=O)c1ccc(O)cc1. The number of aliphatic hydroxyl groups is 1. The summed E-state index contributed by atoms with van der Waals surface area (Å²) in [6.45, 7) is 6.88. The highest BCUT2D eigenvalue weighted by molar-refractivity contribution is 5.94. The standard InChI is InChI=1S/C18H19NO2.C2H6.CH4O/c1-13-5-2-3-6-16(13)17-7-4-12-19(17)18(21)14-8-10-15(20)11-9-14;2*1-2/h2-3,5-6,8-11,17,20H,4,7,12H2,1H3;1-2H3;2H,1H3. The van der Waals surface area contributed by atoms with E-state index in [9.17, 15) is 9.90 Å². The van der Waals surface area contributed by atoms with Crippen molar-refractivity contribution in [3.05, 3.63) is 65.2 Å². The number of carbonyl (C=O) groups excluding carboxylic acids is 1. The molecule has 1 fully saturated rings. The van der Waals surface area contributed by atoms with E-state index >= 15 is 0 Å². The van der Waals surface area contributed by atoms with Crippen molar-refractivity contribution in [2.75, 3.05) is 13.7 Å². The number of aliphatic hydroxyl groups excluding tert-OH is 1. The van der Waals surface area contributed by atoms with E-state index in [1.807, 2.05) is 30.9 Å². The predicted octanol–water partition coefficient (Wildman–Crippen LogP) is 4.31. The second-order valence-corrected chi connectivity index (χ2v) is 5.56. The van der Waals surface area contributed by atoms with Crippen LogP contribution in [0, 0.1) is 6.92 Å². The van der Waals surface area contributed by atoms with Crippen molar-refractivity contribution in [2.24, 2.45) is 0 Å². The van der Waals surface area contributed by atoms with E-state index in [0.29, 0.717) is 5.56 Å². The zero-order valence-corrected chi connectivity index (χ0v) is 15.6. The van der Waals surface area contributed by atoms with Gasteiger partial charge in [-0.15, -0.1) is 0 Å². The molecule has 1 amide bonds. The van der Waals surface area contributed by atoms with Gasteiger partial charge in [-0.25, -0.2) is 0 Å². The first-order chi connectivity index (χ1) is 12.2. The summed E-state index contributed by atoms with van der Waals surface area (Å²) < 4.78 is 0. The number of phenols is 1. The van der Waals surface area contributed by atoms with E-state index in [0.717, 1.165) is 26.5 Å². The van der Waals surface area contributed by atoms with Gasteiger partial charge in [0.1, 0.15) is 5.75 Å². The number of carbonyl (C=O) groups is 1. The number of nitrogens with zero attached hydrogens (tertiary/aromatic N) is 1. The number of benzene rings is 2. The molecule has 0 bridgehead atoms. The molecular formula is C21H29NO3. The monoisotopic (exact) mass is 343 g/mol. The summed E-state index contributed by atoms with van der Waals surface area (Å²) >= 11 is 0. The average Bonchev–Trinajstić information content (AvgIpc) is 3.15. The average molecular weight is 343 g/mol. The van der Waals surface area contributed by atoms with Gasteiger partial charge in [-0.1, -0.05) is 38.1 Å². The van der Waals surface area contributed by atoms with Gasteiger partial charge in [-0.3, -0.25) is 4.79 Å². The minimum atomic E-state index is 0.0424. The number of hydrogen-bond acceptors (Lipinski definition) is 3. The van der Waals surface area contributed by atoms with Gasteiger partial charge in [-0.2, -0.15) is 0 Å². The van der Waals surface area contributed by atoms with Gasteiger partial charge in [0.05, 0.1) is 6.04 Å². The van der Waals surface area contributed by atoms with Gasteiger partial charge < -0.3 is 15.1 Å². The van der Waals surface area contributed by atoms with E-state index in [2.05, 4.69) is 19.1 Å². The normalized spacial score (nSPS) is 15.6. The third kappa shape index (κ3) is 5.07. The fourth-order valence-electron chi connectivity index (χ4n) is 3.06. The quantitative estimate of drug-likeness (QED) is 0.854. The third-order valence-electron chi connectivity index (χ3n) is 4.18. The molecule has 136 valence electrons. The Morgan fingerprint density at radius 3 is 2.24 bits per heavy atom. The van der Waals surface area contributed by atoms with Gasteiger partial charge in [0.15, 0.2) is 0 Å². The van der Waals surface area contributed by atoms with Crippen molar-refractivity contribution >= 4 is 5.91 Å². The number of phenolic OH excluding ortho intramolecular Hbond substituents is 1. The van der Waals surface area contributed by atoms with Crippen LogP contribution >= 0.6 is 0 Å². The summed E-state index contributed by atoms with van der Waals surface area (Å²) in [4.78, 5) is 14.7. The Balaban J connectivity index is 0.000000730.